The largest absolute Gasteiger partial charge is 0.507 e. The average Bonchev–Trinajstić information content (AvgIpc) is 2.78. The minimum atomic E-state index is -0.308. The molecular weight excluding hydrogens is 369 g/mol. The predicted octanol–water partition coefficient (Wildman–Crippen LogP) is 6.35. The Morgan fingerprint density at radius 3 is 1.81 bits per heavy atom. The molecule has 2 rings (SSSR count). The summed E-state index contributed by atoms with van der Waals surface area (Å²) in [6.07, 6.45) is 0. The normalized spacial score (nSPS) is 12.5. The van der Waals surface area contributed by atoms with Crippen molar-refractivity contribution in [2.75, 3.05) is 0 Å². The molecule has 2 aromatic rings. The van der Waals surface area contributed by atoms with Gasteiger partial charge < -0.3 is 9.67 Å². The SMILES string of the molecule is CCn1c(Cl)cc(C(=O)c2cc(C(C)(C)C)c(O)c(C(C)(C)C)c2)c1Cl. The van der Waals surface area contributed by atoms with Gasteiger partial charge >= 0.3 is 0 Å². The molecule has 0 aliphatic rings. The second-order valence-electron chi connectivity index (χ2n) is 8.66. The van der Waals surface area contributed by atoms with Crippen LogP contribution in [0.15, 0.2) is 18.2 Å². The maximum Gasteiger partial charge on any atom is 0.196 e. The molecule has 26 heavy (non-hydrogen) atoms. The van der Waals surface area contributed by atoms with Crippen LogP contribution in [0, 0.1) is 0 Å². The monoisotopic (exact) mass is 395 g/mol. The van der Waals surface area contributed by atoms with Crippen LogP contribution >= 0.6 is 23.2 Å². The zero-order chi connectivity index (χ0) is 20.0. The number of carbonyl (C=O) groups is 1. The number of ketones is 1. The van der Waals surface area contributed by atoms with Crippen LogP contribution in [-0.4, -0.2) is 15.5 Å². The van der Waals surface area contributed by atoms with Gasteiger partial charge in [0.05, 0.1) is 5.56 Å². The second-order valence-corrected chi connectivity index (χ2v) is 9.41. The first-order chi connectivity index (χ1) is 11.8. The zero-order valence-corrected chi connectivity index (χ0v) is 18.0. The van der Waals surface area contributed by atoms with Gasteiger partial charge in [0.1, 0.15) is 16.1 Å². The summed E-state index contributed by atoms with van der Waals surface area (Å²) in [7, 11) is 0. The van der Waals surface area contributed by atoms with Crippen LogP contribution in [0.5, 0.6) is 5.75 Å². The van der Waals surface area contributed by atoms with Gasteiger partial charge in [-0.15, -0.1) is 0 Å². The first kappa shape index (κ1) is 20.9. The molecule has 0 radical (unpaired) electrons. The number of carbonyl (C=O) groups excluding carboxylic acids is 1. The van der Waals surface area contributed by atoms with Gasteiger partial charge in [-0.3, -0.25) is 4.79 Å². The van der Waals surface area contributed by atoms with E-state index < -0.39 is 0 Å². The fraction of sp³-hybridized carbons (Fsp3) is 0.476. The van der Waals surface area contributed by atoms with E-state index in [0.717, 1.165) is 11.1 Å². The van der Waals surface area contributed by atoms with E-state index in [-0.39, 0.29) is 22.4 Å². The van der Waals surface area contributed by atoms with Crippen molar-refractivity contribution in [2.24, 2.45) is 0 Å². The summed E-state index contributed by atoms with van der Waals surface area (Å²) in [6.45, 7) is 14.6. The minimum absolute atomic E-state index is 0.194. The summed E-state index contributed by atoms with van der Waals surface area (Å²) in [6, 6.07) is 5.14. The fourth-order valence-electron chi connectivity index (χ4n) is 3.01. The number of nitrogens with zero attached hydrogens (tertiary/aromatic N) is 1. The van der Waals surface area contributed by atoms with Crippen LogP contribution in [-0.2, 0) is 17.4 Å². The van der Waals surface area contributed by atoms with Crippen LogP contribution in [0.2, 0.25) is 10.3 Å². The second kappa shape index (κ2) is 6.94. The lowest BCUT2D eigenvalue weighted by Gasteiger charge is -2.28. The Kier molecular flexibility index (Phi) is 5.56. The van der Waals surface area contributed by atoms with Crippen LogP contribution in [0.4, 0.5) is 0 Å². The molecule has 0 unspecified atom stereocenters. The summed E-state index contributed by atoms with van der Waals surface area (Å²) in [5.41, 5.74) is 1.75. The maximum atomic E-state index is 13.2. The highest BCUT2D eigenvalue weighted by atomic mass is 35.5. The number of aromatic hydroxyl groups is 1. The summed E-state index contributed by atoms with van der Waals surface area (Å²) in [4.78, 5) is 13.2. The molecule has 0 aliphatic carbocycles. The molecule has 1 heterocycles. The van der Waals surface area contributed by atoms with E-state index in [0.29, 0.717) is 28.0 Å². The molecule has 1 N–H and O–H groups in total. The van der Waals surface area contributed by atoms with Crippen LogP contribution < -0.4 is 0 Å². The summed E-state index contributed by atoms with van der Waals surface area (Å²) in [5, 5.41) is 11.6. The lowest BCUT2D eigenvalue weighted by molar-refractivity contribution is 0.103. The third kappa shape index (κ3) is 3.79. The van der Waals surface area contributed by atoms with E-state index in [9.17, 15) is 9.90 Å². The molecule has 142 valence electrons. The highest BCUT2D eigenvalue weighted by molar-refractivity contribution is 6.37. The van der Waals surface area contributed by atoms with Crippen molar-refractivity contribution < 1.29 is 9.90 Å². The lowest BCUT2D eigenvalue weighted by Crippen LogP contribution is -2.19. The maximum absolute atomic E-state index is 13.2. The number of phenols is 1. The van der Waals surface area contributed by atoms with Crippen LogP contribution in [0.3, 0.4) is 0 Å². The number of phenolic OH excluding ortho intramolecular Hbond substituents is 1. The van der Waals surface area contributed by atoms with Crippen LogP contribution in [0.1, 0.15) is 75.5 Å². The molecule has 1 aromatic carbocycles. The van der Waals surface area contributed by atoms with Crippen molar-refractivity contribution in [3.05, 3.63) is 50.8 Å². The molecule has 3 nitrogen and oxygen atoms in total. The predicted molar refractivity (Wildman–Crippen MR) is 109 cm³/mol. The highest BCUT2D eigenvalue weighted by Gasteiger charge is 2.29. The van der Waals surface area contributed by atoms with E-state index in [4.69, 9.17) is 23.2 Å². The Bertz CT molecular complexity index is 817. The molecular formula is C21H27Cl2NO2. The third-order valence-electron chi connectivity index (χ3n) is 4.53. The number of aromatic nitrogens is 1. The molecule has 0 amide bonds. The molecule has 0 saturated heterocycles. The molecule has 0 atom stereocenters. The van der Waals surface area contributed by atoms with Gasteiger partial charge in [0.15, 0.2) is 5.78 Å². The Morgan fingerprint density at radius 1 is 1.00 bits per heavy atom. The van der Waals surface area contributed by atoms with Gasteiger partial charge in [-0.25, -0.2) is 0 Å². The Morgan fingerprint density at radius 2 is 1.46 bits per heavy atom. The first-order valence-corrected chi connectivity index (χ1v) is 9.51. The summed E-state index contributed by atoms with van der Waals surface area (Å²) in [5.74, 6) is 0.0527. The molecule has 0 saturated carbocycles. The lowest BCUT2D eigenvalue weighted by atomic mass is 9.78. The van der Waals surface area contributed by atoms with Gasteiger partial charge in [-0.05, 0) is 36.0 Å². The first-order valence-electron chi connectivity index (χ1n) is 8.76. The molecule has 0 fully saturated rings. The molecule has 1 aromatic heterocycles. The van der Waals surface area contributed by atoms with Crippen molar-refractivity contribution in [2.45, 2.75) is 65.8 Å². The standard InChI is InChI=1S/C21H27Cl2NO2/c1-8-24-16(22)11-13(19(24)23)17(25)12-9-14(20(2,3)4)18(26)15(10-12)21(5,6)7/h9-11,26H,8H2,1-7H3. The van der Waals surface area contributed by atoms with Gasteiger partial charge in [0.25, 0.3) is 0 Å². The molecule has 5 heteroatoms. The van der Waals surface area contributed by atoms with E-state index >= 15 is 0 Å². The van der Waals surface area contributed by atoms with Gasteiger partial charge in [0, 0.05) is 23.2 Å². The Balaban J connectivity index is 2.72. The summed E-state index contributed by atoms with van der Waals surface area (Å²) < 4.78 is 1.69. The van der Waals surface area contributed by atoms with Crippen molar-refractivity contribution >= 4 is 29.0 Å². The van der Waals surface area contributed by atoms with Gasteiger partial charge in [0.2, 0.25) is 0 Å². The molecule has 0 bridgehead atoms. The number of rotatable bonds is 3. The van der Waals surface area contributed by atoms with E-state index in [2.05, 4.69) is 0 Å². The average molecular weight is 396 g/mol. The topological polar surface area (TPSA) is 42.2 Å². The van der Waals surface area contributed by atoms with E-state index in [1.807, 2.05) is 48.5 Å². The zero-order valence-electron chi connectivity index (χ0n) is 16.5. The van der Waals surface area contributed by atoms with E-state index in [1.165, 1.54) is 0 Å². The Hall–Kier alpha value is -1.45. The fourth-order valence-corrected chi connectivity index (χ4v) is 3.72. The van der Waals surface area contributed by atoms with Crippen molar-refractivity contribution in [3.63, 3.8) is 0 Å². The number of halogens is 2. The summed E-state index contributed by atoms with van der Waals surface area (Å²) >= 11 is 12.6. The van der Waals surface area contributed by atoms with Crippen molar-refractivity contribution in [3.8, 4) is 5.75 Å². The van der Waals surface area contributed by atoms with Crippen molar-refractivity contribution in [1.29, 1.82) is 0 Å². The molecule has 0 aliphatic heterocycles. The third-order valence-corrected chi connectivity index (χ3v) is 5.25. The van der Waals surface area contributed by atoms with Gasteiger partial charge in [-0.2, -0.15) is 0 Å². The Labute approximate surface area is 165 Å². The van der Waals surface area contributed by atoms with Crippen molar-refractivity contribution in [1.82, 2.24) is 4.57 Å². The van der Waals surface area contributed by atoms with Crippen LogP contribution in [0.25, 0.3) is 0 Å². The van der Waals surface area contributed by atoms with E-state index in [1.54, 1.807) is 22.8 Å². The smallest absolute Gasteiger partial charge is 0.196 e. The number of benzene rings is 1. The number of hydrogen-bond acceptors (Lipinski definition) is 2. The number of hydrogen-bond donors (Lipinski definition) is 1. The highest BCUT2D eigenvalue weighted by Crippen LogP contribution is 2.40. The van der Waals surface area contributed by atoms with Gasteiger partial charge in [-0.1, -0.05) is 64.7 Å². The molecule has 0 spiro atoms. The quantitative estimate of drug-likeness (QED) is 0.615. The minimum Gasteiger partial charge on any atom is -0.507 e.